The first-order valence-corrected chi connectivity index (χ1v) is 22.6. The lowest BCUT2D eigenvalue weighted by atomic mass is 9.78. The van der Waals surface area contributed by atoms with Crippen LogP contribution in [0.1, 0.15) is 120 Å². The predicted molar refractivity (Wildman–Crippen MR) is 230 cm³/mol. The molecule has 4 amide bonds. The maximum absolute atomic E-state index is 12.1. The molecule has 6 aliphatic rings. The number of hydrogen-bond donors (Lipinski definition) is 2. The van der Waals surface area contributed by atoms with Crippen molar-refractivity contribution in [2.45, 2.75) is 131 Å². The van der Waals surface area contributed by atoms with Gasteiger partial charge in [0.05, 0.1) is 19.8 Å². The standard InChI is InChI=1S/C16H28N2O4.C13H24N2O2.C11H20N2O2.C3H5ClO2/c1-5-21-13(19)18-11-8-16(12-18)6-9-17(10-7-16)14(20)22-15(2,3)4;1-12(2,3)17-11(16)15-8-5-13(6-9-15)4-7-14-10-13;1-2-15-10(14)13-8-5-11(9-13)3-6-12-7-4-11;1-2-6-3(4)5/h5-12H2,1-4H3;14H,4-10H2,1-3H3;12H,2-9H2,1H3;2H2,1H3. The van der Waals surface area contributed by atoms with Crippen molar-refractivity contribution in [2.75, 3.05) is 98.4 Å². The Balaban J connectivity index is 0.000000228. The van der Waals surface area contributed by atoms with Gasteiger partial charge in [0, 0.05) is 70.5 Å². The summed E-state index contributed by atoms with van der Waals surface area (Å²) >= 11 is 4.72. The maximum Gasteiger partial charge on any atom is 0.410 e. The molecule has 6 heterocycles. The average Bonchev–Trinajstić information content (AvgIpc) is 3.92. The Kier molecular flexibility index (Phi) is 19.8. The molecule has 0 radical (unpaired) electrons. The average molecular weight is 874 g/mol. The molecular weight excluding hydrogens is 796 g/mol. The number of carbonyl (C=O) groups is 5. The second-order valence-corrected chi connectivity index (χ2v) is 19.3. The Bertz CT molecular complexity index is 1370. The first-order chi connectivity index (χ1) is 28.2. The normalized spacial score (nSPS) is 21.4. The van der Waals surface area contributed by atoms with Gasteiger partial charge in [0.1, 0.15) is 11.2 Å². The van der Waals surface area contributed by atoms with E-state index >= 15 is 0 Å². The van der Waals surface area contributed by atoms with E-state index in [0.29, 0.717) is 43.7 Å². The number of hydrogen-bond acceptors (Lipinski definition) is 12. The minimum atomic E-state index is -0.738. The van der Waals surface area contributed by atoms with Crippen molar-refractivity contribution in [3.8, 4) is 0 Å². The van der Waals surface area contributed by atoms with Crippen molar-refractivity contribution in [3.05, 3.63) is 0 Å². The van der Waals surface area contributed by atoms with Crippen LogP contribution in [-0.4, -0.2) is 159 Å². The molecule has 3 spiro atoms. The van der Waals surface area contributed by atoms with Crippen LogP contribution in [0.3, 0.4) is 0 Å². The van der Waals surface area contributed by atoms with Gasteiger partial charge in [-0.3, -0.25) is 0 Å². The smallest absolute Gasteiger partial charge is 0.410 e. The summed E-state index contributed by atoms with van der Waals surface area (Å²) in [7, 11) is 0. The van der Waals surface area contributed by atoms with Crippen molar-refractivity contribution in [2.24, 2.45) is 16.2 Å². The molecule has 6 aliphatic heterocycles. The van der Waals surface area contributed by atoms with E-state index in [1.807, 2.05) is 65.2 Å². The first kappa shape index (κ1) is 51.1. The topological polar surface area (TPSA) is 169 Å². The highest BCUT2D eigenvalue weighted by Gasteiger charge is 2.44. The van der Waals surface area contributed by atoms with Gasteiger partial charge in [0.15, 0.2) is 0 Å². The van der Waals surface area contributed by atoms with Crippen LogP contribution in [0, 0.1) is 16.2 Å². The summed E-state index contributed by atoms with van der Waals surface area (Å²) in [6.07, 6.45) is 9.12. The van der Waals surface area contributed by atoms with E-state index in [0.717, 1.165) is 104 Å². The second-order valence-electron chi connectivity index (χ2n) is 19.0. The van der Waals surface area contributed by atoms with E-state index in [9.17, 15) is 24.0 Å². The number of carbonyl (C=O) groups excluding carboxylic acids is 5. The number of nitrogens with one attached hydrogen (secondary N) is 2. The van der Waals surface area contributed by atoms with Crippen LogP contribution in [0.25, 0.3) is 0 Å². The van der Waals surface area contributed by atoms with Crippen LogP contribution in [0.15, 0.2) is 0 Å². The minimum absolute atomic E-state index is 0.132. The molecule has 0 aromatic carbocycles. The van der Waals surface area contributed by atoms with Gasteiger partial charge in [-0.2, -0.15) is 0 Å². The van der Waals surface area contributed by atoms with Crippen LogP contribution in [0.2, 0.25) is 0 Å². The molecule has 16 nitrogen and oxygen atoms in total. The van der Waals surface area contributed by atoms with Gasteiger partial charge in [-0.15, -0.1) is 0 Å². The monoisotopic (exact) mass is 873 g/mol. The molecule has 60 heavy (non-hydrogen) atoms. The van der Waals surface area contributed by atoms with Gasteiger partial charge in [-0.1, -0.05) is 0 Å². The fourth-order valence-corrected chi connectivity index (χ4v) is 8.81. The summed E-state index contributed by atoms with van der Waals surface area (Å²) in [5, 5.41) is 6.80. The van der Waals surface area contributed by atoms with E-state index in [2.05, 4.69) is 15.4 Å². The zero-order valence-corrected chi connectivity index (χ0v) is 39.0. The Morgan fingerprint density at radius 2 is 0.817 bits per heavy atom. The van der Waals surface area contributed by atoms with Crippen LogP contribution < -0.4 is 10.6 Å². The van der Waals surface area contributed by atoms with Crippen molar-refractivity contribution < 1.29 is 47.7 Å². The summed E-state index contributed by atoms with van der Waals surface area (Å²) in [5.74, 6) is 0. The van der Waals surface area contributed by atoms with Crippen LogP contribution in [0.5, 0.6) is 0 Å². The van der Waals surface area contributed by atoms with Gasteiger partial charge in [-0.05, 0) is 156 Å². The molecule has 0 atom stereocenters. The van der Waals surface area contributed by atoms with Crippen molar-refractivity contribution >= 4 is 41.4 Å². The Hall–Kier alpha value is -3.24. The van der Waals surface area contributed by atoms with Gasteiger partial charge >= 0.3 is 29.8 Å². The summed E-state index contributed by atoms with van der Waals surface area (Å²) in [6, 6.07) is 0. The number of likely N-dealkylation sites (tertiary alicyclic amines) is 4. The van der Waals surface area contributed by atoms with Crippen molar-refractivity contribution in [3.63, 3.8) is 0 Å². The third-order valence-corrected chi connectivity index (χ3v) is 12.2. The molecule has 0 aromatic rings. The highest BCUT2D eigenvalue weighted by Crippen LogP contribution is 2.41. The Labute approximate surface area is 364 Å². The van der Waals surface area contributed by atoms with Crippen molar-refractivity contribution in [1.29, 1.82) is 0 Å². The number of halogens is 1. The summed E-state index contributed by atoms with van der Waals surface area (Å²) in [6.45, 7) is 28.8. The number of nitrogens with zero attached hydrogens (tertiary/aromatic N) is 4. The second kappa shape index (κ2) is 23.3. The number of rotatable bonds is 3. The fraction of sp³-hybridized carbons (Fsp3) is 0.884. The third kappa shape index (κ3) is 16.9. The molecule has 346 valence electrons. The van der Waals surface area contributed by atoms with E-state index in [1.54, 1.807) is 16.7 Å². The lowest BCUT2D eigenvalue weighted by Crippen LogP contribution is -2.46. The van der Waals surface area contributed by atoms with Gasteiger partial charge in [-0.25, -0.2) is 24.0 Å². The molecule has 0 unspecified atom stereocenters. The van der Waals surface area contributed by atoms with E-state index in [1.165, 1.54) is 19.3 Å². The van der Waals surface area contributed by atoms with Gasteiger partial charge < -0.3 is 53.9 Å². The molecule has 6 fully saturated rings. The summed E-state index contributed by atoms with van der Waals surface area (Å²) in [5.41, 5.74) is -0.596. The molecule has 2 N–H and O–H groups in total. The first-order valence-electron chi connectivity index (χ1n) is 22.2. The molecule has 6 saturated heterocycles. The van der Waals surface area contributed by atoms with E-state index in [-0.39, 0.29) is 35.4 Å². The zero-order valence-electron chi connectivity index (χ0n) is 38.2. The summed E-state index contributed by atoms with van der Waals surface area (Å²) < 4.78 is 25.1. The molecule has 0 bridgehead atoms. The summed E-state index contributed by atoms with van der Waals surface area (Å²) in [4.78, 5) is 64.3. The molecule has 17 heteroatoms. The zero-order chi connectivity index (χ0) is 44.6. The molecular formula is C43H77ClN6O10. The van der Waals surface area contributed by atoms with E-state index in [4.69, 9.17) is 30.5 Å². The fourth-order valence-electron chi connectivity index (χ4n) is 8.70. The lowest BCUT2D eigenvalue weighted by Gasteiger charge is -2.39. The Morgan fingerprint density at radius 1 is 0.483 bits per heavy atom. The molecule has 0 aliphatic carbocycles. The van der Waals surface area contributed by atoms with Crippen LogP contribution in [-0.2, 0) is 23.7 Å². The predicted octanol–water partition coefficient (Wildman–Crippen LogP) is 7.46. The minimum Gasteiger partial charge on any atom is -0.454 e. The SMILES string of the molecule is CC(C)(C)OC(=O)N1CCC2(CCNC2)CC1.CCOC(=O)Cl.CCOC(=O)N1CCC2(CCN(C(=O)OC(C)(C)C)CC2)C1.CCOC(=O)N1CCC2(CCNCC2)C1. The van der Waals surface area contributed by atoms with Gasteiger partial charge in [0.2, 0.25) is 0 Å². The molecule has 0 saturated carbocycles. The number of ether oxygens (including phenoxy) is 5. The maximum atomic E-state index is 12.1. The molecule has 0 aromatic heterocycles. The highest BCUT2D eigenvalue weighted by molar-refractivity contribution is 6.61. The van der Waals surface area contributed by atoms with E-state index < -0.39 is 11.0 Å². The van der Waals surface area contributed by atoms with Gasteiger partial charge in [0.25, 0.3) is 0 Å². The number of piperidine rings is 3. The van der Waals surface area contributed by atoms with Crippen molar-refractivity contribution in [1.82, 2.24) is 30.2 Å². The van der Waals surface area contributed by atoms with Crippen LogP contribution >= 0.6 is 11.6 Å². The highest BCUT2D eigenvalue weighted by atomic mass is 35.5. The quantitative estimate of drug-likeness (QED) is 0.213. The van der Waals surface area contributed by atoms with Crippen LogP contribution in [0.4, 0.5) is 24.0 Å². The lowest BCUT2D eigenvalue weighted by molar-refractivity contribution is 0.0102. The number of amides is 4. The third-order valence-electron chi connectivity index (χ3n) is 12.1. The Morgan fingerprint density at radius 3 is 1.13 bits per heavy atom. The largest absolute Gasteiger partial charge is 0.454 e. The molecule has 6 rings (SSSR count).